The van der Waals surface area contributed by atoms with Crippen molar-refractivity contribution in [3.05, 3.63) is 60.8 Å². The SMILES string of the molecule is CC/C=C\C/C=C\C/C=C\C/C=C\CCCCCCCCCCCCCCCCCCC(=O)NC(COC1OC(CO)C(OC2OC(CO)C(O)C(O)C2O)C(O)C1O)C(O)/C=C/CCCCCCCCCCCCC. The normalized spacial score (nSPS) is 25.3. The molecular formula is C62H111NO13. The number of hydrogen-bond donors (Lipinski definition) is 9. The maximum Gasteiger partial charge on any atom is 0.220 e. The summed E-state index contributed by atoms with van der Waals surface area (Å²) in [4.78, 5) is 13.3. The molecule has 2 fully saturated rings. The first kappa shape index (κ1) is 69.8. The van der Waals surface area contributed by atoms with E-state index in [1.165, 1.54) is 141 Å². The van der Waals surface area contributed by atoms with Gasteiger partial charge in [-0.2, -0.15) is 0 Å². The molecule has 0 aromatic rings. The summed E-state index contributed by atoms with van der Waals surface area (Å²) >= 11 is 0. The van der Waals surface area contributed by atoms with Crippen LogP contribution < -0.4 is 5.32 Å². The fraction of sp³-hybridized carbons (Fsp3) is 0.823. The van der Waals surface area contributed by atoms with Crippen LogP contribution in [-0.4, -0.2) is 140 Å². The number of aliphatic hydroxyl groups is 8. The maximum atomic E-state index is 13.3. The highest BCUT2D eigenvalue weighted by Gasteiger charge is 2.51. The van der Waals surface area contributed by atoms with Crippen molar-refractivity contribution in [3.63, 3.8) is 0 Å². The first-order chi connectivity index (χ1) is 37.1. The van der Waals surface area contributed by atoms with Crippen LogP contribution >= 0.6 is 0 Å². The summed E-state index contributed by atoms with van der Waals surface area (Å²) in [5, 5.41) is 87.0. The minimum absolute atomic E-state index is 0.240. The largest absolute Gasteiger partial charge is 0.394 e. The summed E-state index contributed by atoms with van der Waals surface area (Å²) in [6.45, 7) is 2.68. The minimum atomic E-state index is -1.79. The molecule has 0 saturated carbocycles. The summed E-state index contributed by atoms with van der Waals surface area (Å²) in [5.74, 6) is -0.240. The summed E-state index contributed by atoms with van der Waals surface area (Å²) in [5.41, 5.74) is 0. The molecule has 0 spiro atoms. The van der Waals surface area contributed by atoms with Gasteiger partial charge < -0.3 is 65.1 Å². The highest BCUT2D eigenvalue weighted by atomic mass is 16.7. The van der Waals surface area contributed by atoms with E-state index in [1.54, 1.807) is 6.08 Å². The van der Waals surface area contributed by atoms with E-state index in [1.807, 2.05) is 6.08 Å². The molecule has 14 nitrogen and oxygen atoms in total. The van der Waals surface area contributed by atoms with Crippen molar-refractivity contribution in [1.29, 1.82) is 0 Å². The van der Waals surface area contributed by atoms with Gasteiger partial charge in [0.15, 0.2) is 12.6 Å². The Bertz CT molecular complexity index is 1510. The third-order valence-corrected chi connectivity index (χ3v) is 14.7. The average molecular weight is 1080 g/mol. The zero-order chi connectivity index (χ0) is 55.3. The molecule has 1 amide bonds. The van der Waals surface area contributed by atoms with E-state index >= 15 is 0 Å². The van der Waals surface area contributed by atoms with Gasteiger partial charge in [0.2, 0.25) is 5.91 Å². The second-order valence-electron chi connectivity index (χ2n) is 21.5. The highest BCUT2D eigenvalue weighted by Crippen LogP contribution is 2.30. The Morgan fingerprint density at radius 1 is 0.487 bits per heavy atom. The molecule has 0 radical (unpaired) electrons. The number of carbonyl (C=O) groups is 1. The van der Waals surface area contributed by atoms with Crippen molar-refractivity contribution in [3.8, 4) is 0 Å². The van der Waals surface area contributed by atoms with E-state index in [2.05, 4.69) is 67.8 Å². The van der Waals surface area contributed by atoms with Crippen molar-refractivity contribution in [1.82, 2.24) is 5.32 Å². The predicted octanol–water partition coefficient (Wildman–Crippen LogP) is 10.6. The van der Waals surface area contributed by atoms with Crippen LogP contribution in [0.3, 0.4) is 0 Å². The van der Waals surface area contributed by atoms with Crippen molar-refractivity contribution >= 4 is 5.91 Å². The van der Waals surface area contributed by atoms with Crippen LogP contribution in [0.5, 0.6) is 0 Å². The molecule has 0 aromatic carbocycles. The number of carbonyl (C=O) groups excluding carboxylic acids is 1. The van der Waals surface area contributed by atoms with Crippen LogP contribution in [0.25, 0.3) is 0 Å². The highest BCUT2D eigenvalue weighted by molar-refractivity contribution is 5.76. The molecular weight excluding hydrogens is 967 g/mol. The number of aliphatic hydroxyl groups excluding tert-OH is 8. The zero-order valence-corrected chi connectivity index (χ0v) is 47.5. The maximum absolute atomic E-state index is 13.3. The second-order valence-corrected chi connectivity index (χ2v) is 21.5. The van der Waals surface area contributed by atoms with Gasteiger partial charge in [-0.15, -0.1) is 0 Å². The lowest BCUT2D eigenvalue weighted by Gasteiger charge is -2.46. The number of allylic oxidation sites excluding steroid dienone is 9. The summed E-state index contributed by atoms with van der Waals surface area (Å²) in [6.07, 6.45) is 44.1. The first-order valence-corrected chi connectivity index (χ1v) is 30.5. The number of ether oxygens (including phenoxy) is 4. The van der Waals surface area contributed by atoms with E-state index in [0.29, 0.717) is 6.42 Å². The van der Waals surface area contributed by atoms with Gasteiger partial charge in [-0.25, -0.2) is 0 Å². The van der Waals surface area contributed by atoms with Crippen molar-refractivity contribution in [2.75, 3.05) is 19.8 Å². The van der Waals surface area contributed by atoms with Gasteiger partial charge in [-0.3, -0.25) is 4.79 Å². The zero-order valence-electron chi connectivity index (χ0n) is 47.5. The molecule has 2 heterocycles. The van der Waals surface area contributed by atoms with Gasteiger partial charge in [0.1, 0.15) is 48.8 Å². The Morgan fingerprint density at radius 2 is 0.908 bits per heavy atom. The van der Waals surface area contributed by atoms with Gasteiger partial charge >= 0.3 is 0 Å². The van der Waals surface area contributed by atoms with Gasteiger partial charge in [-0.05, 0) is 57.8 Å². The van der Waals surface area contributed by atoms with E-state index in [4.69, 9.17) is 18.9 Å². The third-order valence-electron chi connectivity index (χ3n) is 14.7. The Balaban J connectivity index is 1.68. The van der Waals surface area contributed by atoms with Crippen molar-refractivity contribution in [2.24, 2.45) is 0 Å². The second kappa shape index (κ2) is 47.5. The number of hydrogen-bond acceptors (Lipinski definition) is 13. The lowest BCUT2D eigenvalue weighted by molar-refractivity contribution is -0.359. The Morgan fingerprint density at radius 3 is 1.39 bits per heavy atom. The predicted molar refractivity (Wildman–Crippen MR) is 304 cm³/mol. The summed E-state index contributed by atoms with van der Waals surface area (Å²) < 4.78 is 22.8. The molecule has 2 aliphatic rings. The molecule has 0 aliphatic carbocycles. The molecule has 2 rings (SSSR count). The molecule has 14 heteroatoms. The molecule has 0 bridgehead atoms. The van der Waals surface area contributed by atoms with Gasteiger partial charge in [0.05, 0.1) is 32.0 Å². The molecule has 2 saturated heterocycles. The Hall–Kier alpha value is -2.31. The molecule has 12 unspecified atom stereocenters. The van der Waals surface area contributed by atoms with E-state index in [9.17, 15) is 45.6 Å². The molecule has 2 aliphatic heterocycles. The van der Waals surface area contributed by atoms with Gasteiger partial charge in [-0.1, -0.05) is 229 Å². The van der Waals surface area contributed by atoms with Crippen LogP contribution in [-0.2, 0) is 23.7 Å². The van der Waals surface area contributed by atoms with E-state index in [0.717, 1.165) is 64.2 Å². The molecule has 0 aromatic heterocycles. The van der Waals surface area contributed by atoms with Crippen LogP contribution in [0.15, 0.2) is 60.8 Å². The number of amides is 1. The molecule has 76 heavy (non-hydrogen) atoms. The molecule has 9 N–H and O–H groups in total. The lowest BCUT2D eigenvalue weighted by atomic mass is 9.97. The quantitative estimate of drug-likeness (QED) is 0.0204. The van der Waals surface area contributed by atoms with Crippen LogP contribution in [0.1, 0.15) is 232 Å². The van der Waals surface area contributed by atoms with E-state index < -0.39 is 86.8 Å². The number of rotatable bonds is 48. The minimum Gasteiger partial charge on any atom is -0.394 e. The molecule has 12 atom stereocenters. The fourth-order valence-electron chi connectivity index (χ4n) is 9.81. The van der Waals surface area contributed by atoms with Crippen LogP contribution in [0.4, 0.5) is 0 Å². The lowest BCUT2D eigenvalue weighted by Crippen LogP contribution is -2.65. The summed E-state index contributed by atoms with van der Waals surface area (Å²) in [7, 11) is 0. The third kappa shape index (κ3) is 32.7. The Kier molecular flexibility index (Phi) is 43.6. The van der Waals surface area contributed by atoms with Crippen LogP contribution in [0, 0.1) is 0 Å². The number of nitrogens with one attached hydrogen (secondary N) is 1. The van der Waals surface area contributed by atoms with Crippen molar-refractivity contribution in [2.45, 2.75) is 306 Å². The van der Waals surface area contributed by atoms with E-state index in [-0.39, 0.29) is 18.9 Å². The molecule has 442 valence electrons. The van der Waals surface area contributed by atoms with Gasteiger partial charge in [0, 0.05) is 6.42 Å². The summed E-state index contributed by atoms with van der Waals surface area (Å²) in [6, 6.07) is -0.915. The smallest absolute Gasteiger partial charge is 0.220 e. The fourth-order valence-corrected chi connectivity index (χ4v) is 9.81. The Labute approximate surface area is 460 Å². The first-order valence-electron chi connectivity index (χ1n) is 30.5. The van der Waals surface area contributed by atoms with Gasteiger partial charge in [0.25, 0.3) is 0 Å². The van der Waals surface area contributed by atoms with Crippen LogP contribution in [0.2, 0.25) is 0 Å². The monoisotopic (exact) mass is 1080 g/mol. The average Bonchev–Trinajstić information content (AvgIpc) is 3.42. The topological polar surface area (TPSA) is 228 Å². The number of unbranched alkanes of at least 4 members (excludes halogenated alkanes) is 27. The van der Waals surface area contributed by atoms with Crippen molar-refractivity contribution < 1.29 is 64.6 Å². The standard InChI is InChI=1S/C62H111NO13/c1-3-5-7-9-11-13-15-17-18-19-20-21-22-23-24-25-26-27-28-29-30-31-32-34-36-38-40-42-44-46-54(67)63-50(51(66)45-43-41-39-37-35-33-16-14-12-10-8-6-4-2)49-73-61-59(72)57(70)60(53(48-65)75-61)76-62-58(71)56(69)55(68)52(47-64)74-62/h5,7,11,13,17-18,20-21,43,45,50-53,55-62,64-66,68-72H,3-4,6,8-10,12,14-16,19,22-42,44,46-49H2,1-2H3,(H,63,67)/b7-5-,13-11-,18-17-,21-20-,45-43+.